The van der Waals surface area contributed by atoms with E-state index in [2.05, 4.69) is 18.4 Å². The summed E-state index contributed by atoms with van der Waals surface area (Å²) in [6.45, 7) is 6.66. The molecule has 3 nitrogen and oxygen atoms in total. The quantitative estimate of drug-likeness (QED) is 0.585. The minimum absolute atomic E-state index is 0.0126. The van der Waals surface area contributed by atoms with Crippen molar-refractivity contribution in [3.8, 4) is 0 Å². The summed E-state index contributed by atoms with van der Waals surface area (Å²) in [5, 5.41) is 1.42. The van der Waals surface area contributed by atoms with Crippen LogP contribution in [0.2, 0.25) is 0 Å². The summed E-state index contributed by atoms with van der Waals surface area (Å²) in [5.41, 5.74) is 0.997. The van der Waals surface area contributed by atoms with Crippen molar-refractivity contribution in [3.63, 3.8) is 0 Å². The molecule has 19 heavy (non-hydrogen) atoms. The fourth-order valence-corrected chi connectivity index (χ4v) is 2.40. The number of ether oxygens (including phenoxy) is 1. The number of hydrogen-bond donors (Lipinski definition) is 0. The van der Waals surface area contributed by atoms with Crippen molar-refractivity contribution in [1.29, 1.82) is 0 Å². The first-order chi connectivity index (χ1) is 9.24. The smallest absolute Gasteiger partial charge is 0.133 e. The Morgan fingerprint density at radius 1 is 1.53 bits per heavy atom. The van der Waals surface area contributed by atoms with Crippen LogP contribution in [0.4, 0.5) is 5.69 Å². The monoisotopic (exact) mass is 257 g/mol. The molecular formula is C16H19NO2. The normalized spacial score (nSPS) is 17.1. The van der Waals surface area contributed by atoms with Gasteiger partial charge in [-0.25, -0.2) is 4.79 Å². The highest BCUT2D eigenvalue weighted by atomic mass is 16.5. The molecule has 1 unspecified atom stereocenters. The Morgan fingerprint density at radius 2 is 2.32 bits per heavy atom. The molecule has 1 aliphatic rings. The van der Waals surface area contributed by atoms with Crippen molar-refractivity contribution in [3.05, 3.63) is 41.3 Å². The molecule has 0 bridgehead atoms. The number of anilines is 1. The predicted octanol–water partition coefficient (Wildman–Crippen LogP) is 1.12. The van der Waals surface area contributed by atoms with Crippen molar-refractivity contribution in [1.82, 2.24) is 0 Å². The van der Waals surface area contributed by atoms with E-state index in [-0.39, 0.29) is 6.04 Å². The molecule has 1 heterocycles. The van der Waals surface area contributed by atoms with Gasteiger partial charge < -0.3 is 9.64 Å². The lowest BCUT2D eigenvalue weighted by atomic mass is 10.2. The van der Waals surface area contributed by atoms with E-state index >= 15 is 0 Å². The fraction of sp³-hybridized carbons (Fsp3) is 0.375. The van der Waals surface area contributed by atoms with Gasteiger partial charge in [0.25, 0.3) is 0 Å². The van der Waals surface area contributed by atoms with Crippen LogP contribution >= 0.6 is 0 Å². The molecule has 0 saturated heterocycles. The van der Waals surface area contributed by atoms with Crippen LogP contribution in [0.5, 0.6) is 0 Å². The van der Waals surface area contributed by atoms with Crippen LogP contribution in [0.3, 0.4) is 0 Å². The zero-order valence-electron chi connectivity index (χ0n) is 11.5. The summed E-state index contributed by atoms with van der Waals surface area (Å²) in [5.74, 6) is 2.82. The zero-order valence-corrected chi connectivity index (χ0v) is 11.5. The van der Waals surface area contributed by atoms with Gasteiger partial charge >= 0.3 is 0 Å². The fourth-order valence-electron chi connectivity index (χ4n) is 2.40. The molecule has 0 aromatic heterocycles. The number of rotatable bonds is 5. The molecule has 0 N–H and O–H groups in total. The molecule has 0 fully saturated rings. The van der Waals surface area contributed by atoms with Crippen LogP contribution < -0.4 is 15.3 Å². The highest BCUT2D eigenvalue weighted by Gasteiger charge is 2.28. The van der Waals surface area contributed by atoms with Crippen molar-refractivity contribution in [2.75, 3.05) is 18.6 Å². The lowest BCUT2D eigenvalue weighted by Crippen LogP contribution is -2.28. The van der Waals surface area contributed by atoms with Crippen molar-refractivity contribution < 1.29 is 9.53 Å². The van der Waals surface area contributed by atoms with Gasteiger partial charge in [0.05, 0.1) is 17.0 Å². The van der Waals surface area contributed by atoms with Gasteiger partial charge in [0, 0.05) is 12.7 Å². The SMILES string of the molecule is C=CC1C(OCCCC)=c2c(cccc2=C=O)N1C. The van der Waals surface area contributed by atoms with Gasteiger partial charge in [-0.2, -0.15) is 0 Å². The second-order valence-corrected chi connectivity index (χ2v) is 4.66. The molecule has 1 aliphatic heterocycles. The van der Waals surface area contributed by atoms with E-state index in [4.69, 9.17) is 4.74 Å². The maximum Gasteiger partial charge on any atom is 0.133 e. The Hall–Kier alpha value is -1.99. The summed E-state index contributed by atoms with van der Waals surface area (Å²) < 4.78 is 5.91. The lowest BCUT2D eigenvalue weighted by molar-refractivity contribution is 0.255. The summed E-state index contributed by atoms with van der Waals surface area (Å²) in [6, 6.07) is 5.61. The molecule has 2 rings (SSSR count). The first-order valence-electron chi connectivity index (χ1n) is 6.61. The number of benzene rings is 1. The maximum absolute atomic E-state index is 11.1. The predicted molar refractivity (Wildman–Crippen MR) is 77.1 cm³/mol. The summed E-state index contributed by atoms with van der Waals surface area (Å²) >= 11 is 0. The number of carbonyl (C=O) groups excluding carboxylic acids is 1. The van der Waals surface area contributed by atoms with E-state index in [1.165, 1.54) is 0 Å². The Labute approximate surface area is 113 Å². The standard InChI is InChI=1S/C16H19NO2/c1-4-6-10-19-16-13(5-2)17(3)14-9-7-8-12(11-18)15(14)16/h5,7-9,13H,2,4,6,10H2,1,3H3. The Balaban J connectivity index is 2.59. The molecule has 0 saturated carbocycles. The molecule has 1 atom stereocenters. The van der Waals surface area contributed by atoms with E-state index in [1.807, 2.05) is 31.2 Å². The maximum atomic E-state index is 11.1. The largest absolute Gasteiger partial charge is 0.495 e. The highest BCUT2D eigenvalue weighted by Crippen LogP contribution is 2.24. The number of nitrogens with zero attached hydrogens (tertiary/aromatic N) is 1. The molecule has 100 valence electrons. The Morgan fingerprint density at radius 3 is 2.95 bits per heavy atom. The number of unbranched alkanes of at least 4 members (excludes halogenated alkanes) is 1. The van der Waals surface area contributed by atoms with Crippen molar-refractivity contribution in [2.45, 2.75) is 25.8 Å². The van der Waals surface area contributed by atoms with Crippen LogP contribution in [0, 0.1) is 0 Å². The number of likely N-dealkylation sites (N-methyl/N-ethyl adjacent to an activating group) is 1. The van der Waals surface area contributed by atoms with Gasteiger partial charge in [0.2, 0.25) is 0 Å². The lowest BCUT2D eigenvalue weighted by Gasteiger charge is -2.22. The van der Waals surface area contributed by atoms with Gasteiger partial charge in [-0.05, 0) is 18.6 Å². The second kappa shape index (κ2) is 5.77. The molecule has 0 amide bonds. The topological polar surface area (TPSA) is 29.5 Å². The molecule has 3 heteroatoms. The van der Waals surface area contributed by atoms with Gasteiger partial charge in [-0.3, -0.25) is 0 Å². The molecule has 1 aromatic carbocycles. The van der Waals surface area contributed by atoms with Crippen LogP contribution in [-0.2, 0) is 9.53 Å². The summed E-state index contributed by atoms with van der Waals surface area (Å²) in [7, 11) is 1.98. The van der Waals surface area contributed by atoms with E-state index < -0.39 is 0 Å². The molecule has 1 aromatic rings. The minimum atomic E-state index is -0.0126. The van der Waals surface area contributed by atoms with Crippen LogP contribution in [0.25, 0.3) is 5.76 Å². The van der Waals surface area contributed by atoms with E-state index in [0.29, 0.717) is 11.8 Å². The average molecular weight is 257 g/mol. The van der Waals surface area contributed by atoms with Gasteiger partial charge in [0.1, 0.15) is 17.7 Å². The molecule has 0 radical (unpaired) electrons. The summed E-state index contributed by atoms with van der Waals surface area (Å²) in [6.07, 6.45) is 3.92. The zero-order chi connectivity index (χ0) is 13.8. The minimum Gasteiger partial charge on any atom is -0.495 e. The van der Waals surface area contributed by atoms with Crippen LogP contribution in [-0.4, -0.2) is 25.6 Å². The van der Waals surface area contributed by atoms with Crippen molar-refractivity contribution in [2.24, 2.45) is 0 Å². The number of fused-ring (bicyclic) bond motifs is 1. The van der Waals surface area contributed by atoms with Crippen LogP contribution in [0.15, 0.2) is 30.9 Å². The second-order valence-electron chi connectivity index (χ2n) is 4.66. The van der Waals surface area contributed by atoms with Gasteiger partial charge in [0.15, 0.2) is 0 Å². The third-order valence-electron chi connectivity index (χ3n) is 3.44. The van der Waals surface area contributed by atoms with Gasteiger partial charge in [-0.1, -0.05) is 25.5 Å². The summed E-state index contributed by atoms with van der Waals surface area (Å²) in [4.78, 5) is 13.2. The van der Waals surface area contributed by atoms with E-state index in [9.17, 15) is 4.79 Å². The Bertz CT molecular complexity index is 614. The van der Waals surface area contributed by atoms with E-state index in [0.717, 1.165) is 29.5 Å². The first-order valence-corrected chi connectivity index (χ1v) is 6.61. The third kappa shape index (κ3) is 2.29. The van der Waals surface area contributed by atoms with Crippen molar-refractivity contribution >= 4 is 17.4 Å². The highest BCUT2D eigenvalue weighted by molar-refractivity contribution is 5.71. The first kappa shape index (κ1) is 13.4. The molecule has 0 spiro atoms. The molecule has 0 aliphatic carbocycles. The Kier molecular flexibility index (Phi) is 4.08. The van der Waals surface area contributed by atoms with E-state index in [1.54, 1.807) is 6.07 Å². The van der Waals surface area contributed by atoms with Gasteiger partial charge in [-0.15, -0.1) is 6.58 Å². The average Bonchev–Trinajstić information content (AvgIpc) is 2.72. The molecular weight excluding hydrogens is 238 g/mol. The third-order valence-corrected chi connectivity index (χ3v) is 3.44. The number of hydrogen-bond acceptors (Lipinski definition) is 3. The van der Waals surface area contributed by atoms with Crippen LogP contribution in [0.1, 0.15) is 19.8 Å².